The number of anilines is 1. The van der Waals surface area contributed by atoms with Crippen molar-refractivity contribution in [3.63, 3.8) is 0 Å². The van der Waals surface area contributed by atoms with Gasteiger partial charge in [0.05, 0.1) is 11.2 Å². The molecule has 0 radical (unpaired) electrons. The molecule has 0 saturated carbocycles. The molecule has 0 aliphatic rings. The van der Waals surface area contributed by atoms with Gasteiger partial charge in [-0.3, -0.25) is 0 Å². The normalized spacial score (nSPS) is 11.6. The summed E-state index contributed by atoms with van der Waals surface area (Å²) in [5, 5.41) is 20.5. The van der Waals surface area contributed by atoms with Gasteiger partial charge in [0.25, 0.3) is 0 Å². The summed E-state index contributed by atoms with van der Waals surface area (Å²) in [5.74, 6) is 6.45. The van der Waals surface area contributed by atoms with Gasteiger partial charge in [0.15, 0.2) is 17.3 Å². The number of aromatic nitrogens is 5. The van der Waals surface area contributed by atoms with Crippen molar-refractivity contribution in [1.82, 2.24) is 30.2 Å². The van der Waals surface area contributed by atoms with Crippen LogP contribution in [0.25, 0.3) is 22.6 Å². The van der Waals surface area contributed by atoms with Crippen molar-refractivity contribution >= 4 is 16.9 Å². The molecule has 9 heteroatoms. The third-order valence-electron chi connectivity index (χ3n) is 3.68. The van der Waals surface area contributed by atoms with Crippen LogP contribution in [0.4, 0.5) is 5.82 Å². The van der Waals surface area contributed by atoms with Gasteiger partial charge in [0.1, 0.15) is 16.8 Å². The molecule has 0 atom stereocenters. The molecule has 4 N–H and O–H groups in total. The maximum atomic E-state index is 9.93. The average molecular weight is 355 g/mol. The van der Waals surface area contributed by atoms with Crippen molar-refractivity contribution < 1.29 is 9.74 Å². The van der Waals surface area contributed by atoms with E-state index >= 15 is 0 Å². The summed E-state index contributed by atoms with van der Waals surface area (Å²) < 4.78 is 6.67. The van der Waals surface area contributed by atoms with Crippen LogP contribution in [0.1, 0.15) is 32.2 Å². The summed E-state index contributed by atoms with van der Waals surface area (Å²) in [6.07, 6.45) is 0. The molecule has 0 bridgehead atoms. The number of nitrogens with two attached hydrogens (primary N) is 1. The van der Waals surface area contributed by atoms with Crippen LogP contribution in [-0.4, -0.2) is 42.6 Å². The fourth-order valence-electron chi connectivity index (χ4n) is 2.60. The highest BCUT2D eigenvalue weighted by Crippen LogP contribution is 2.28. The Bertz CT molecular complexity index is 1000. The second-order valence-electron chi connectivity index (χ2n) is 6.35. The summed E-state index contributed by atoms with van der Waals surface area (Å²) in [6, 6.07) is 1.95. The first-order valence-electron chi connectivity index (χ1n) is 8.22. The Morgan fingerprint density at radius 1 is 1.35 bits per heavy atom. The second-order valence-corrected chi connectivity index (χ2v) is 6.35. The third-order valence-corrected chi connectivity index (χ3v) is 3.68. The molecule has 3 heterocycles. The monoisotopic (exact) mass is 355 g/mol. The molecule has 0 aliphatic carbocycles. The zero-order chi connectivity index (χ0) is 18.9. The van der Waals surface area contributed by atoms with Crippen LogP contribution in [-0.2, 0) is 13.1 Å². The van der Waals surface area contributed by atoms with Crippen molar-refractivity contribution in [2.45, 2.75) is 39.5 Å². The lowest BCUT2D eigenvalue weighted by Gasteiger charge is -2.07. The number of nitrogens with one attached hydrogen (secondary N) is 1. The van der Waals surface area contributed by atoms with Gasteiger partial charge in [0.2, 0.25) is 0 Å². The average Bonchev–Trinajstić information content (AvgIpc) is 3.15. The number of pyridine rings is 1. The second kappa shape index (κ2) is 6.74. The predicted molar refractivity (Wildman–Crippen MR) is 96.8 cm³/mol. The van der Waals surface area contributed by atoms with E-state index in [0.29, 0.717) is 35.8 Å². The number of nitrogen functional groups attached to an aromatic ring is 1. The number of hydrogen-bond acceptors (Lipinski definition) is 8. The van der Waals surface area contributed by atoms with Crippen molar-refractivity contribution in [1.29, 1.82) is 0 Å². The van der Waals surface area contributed by atoms with Crippen molar-refractivity contribution in [3.05, 3.63) is 17.5 Å². The predicted octanol–water partition coefficient (Wildman–Crippen LogP) is 0.925. The molecule has 3 aromatic heterocycles. The van der Waals surface area contributed by atoms with E-state index in [1.165, 1.54) is 0 Å². The first-order chi connectivity index (χ1) is 12.3. The summed E-state index contributed by atoms with van der Waals surface area (Å²) in [5.41, 5.74) is 7.84. The van der Waals surface area contributed by atoms with Gasteiger partial charge >= 0.3 is 0 Å². The van der Waals surface area contributed by atoms with Crippen LogP contribution < -0.4 is 11.1 Å². The lowest BCUT2D eigenvalue weighted by atomic mass is 10.1. The van der Waals surface area contributed by atoms with Gasteiger partial charge in [-0.1, -0.05) is 5.92 Å². The number of rotatable bonds is 4. The minimum atomic E-state index is -1.14. The van der Waals surface area contributed by atoms with Crippen LogP contribution in [0.5, 0.6) is 0 Å². The van der Waals surface area contributed by atoms with Crippen LogP contribution in [0.2, 0.25) is 0 Å². The number of nitrogens with zero attached hydrogens (tertiary/aromatic N) is 5. The third kappa shape index (κ3) is 3.37. The van der Waals surface area contributed by atoms with Gasteiger partial charge in [-0.15, -0.1) is 0 Å². The topological polar surface area (TPSA) is 128 Å². The highest BCUT2D eigenvalue weighted by molar-refractivity contribution is 5.85. The quantitative estimate of drug-likeness (QED) is 0.590. The molecule has 26 heavy (non-hydrogen) atoms. The van der Waals surface area contributed by atoms with Crippen LogP contribution in [0, 0.1) is 11.8 Å². The zero-order valence-corrected chi connectivity index (χ0v) is 15.2. The molecule has 3 rings (SSSR count). The van der Waals surface area contributed by atoms with Gasteiger partial charge in [-0.2, -0.15) is 0 Å². The number of fused-ring (bicyclic) bond motifs is 1. The van der Waals surface area contributed by atoms with Crippen LogP contribution >= 0.6 is 0 Å². The van der Waals surface area contributed by atoms with E-state index in [-0.39, 0.29) is 5.82 Å². The Balaban J connectivity index is 2.30. The summed E-state index contributed by atoms with van der Waals surface area (Å²) in [6.45, 7) is 6.44. The fourth-order valence-corrected chi connectivity index (χ4v) is 2.60. The van der Waals surface area contributed by atoms with E-state index in [2.05, 4.69) is 37.4 Å². The smallest absolute Gasteiger partial charge is 0.199 e. The molecule has 0 aliphatic heterocycles. The largest absolute Gasteiger partial charge is 0.379 e. The minimum Gasteiger partial charge on any atom is -0.379 e. The summed E-state index contributed by atoms with van der Waals surface area (Å²) >= 11 is 0. The number of aliphatic hydroxyl groups is 1. The molecule has 136 valence electrons. The number of hydrogen-bond donors (Lipinski definition) is 3. The first kappa shape index (κ1) is 17.8. The van der Waals surface area contributed by atoms with Gasteiger partial charge in [-0.05, 0) is 50.1 Å². The Kier molecular flexibility index (Phi) is 4.63. The van der Waals surface area contributed by atoms with Gasteiger partial charge in [-0.25, -0.2) is 14.6 Å². The van der Waals surface area contributed by atoms with E-state index in [0.717, 1.165) is 11.2 Å². The molecule has 0 fully saturated rings. The highest BCUT2D eigenvalue weighted by Gasteiger charge is 2.21. The lowest BCUT2D eigenvalue weighted by Crippen LogP contribution is -2.14. The Hall–Kier alpha value is -2.96. The van der Waals surface area contributed by atoms with E-state index in [9.17, 15) is 5.11 Å². The molecule has 9 nitrogen and oxygen atoms in total. The maximum absolute atomic E-state index is 9.93. The molecular weight excluding hydrogens is 334 g/mol. The summed E-state index contributed by atoms with van der Waals surface area (Å²) in [7, 11) is 1.85. The van der Waals surface area contributed by atoms with E-state index in [1.54, 1.807) is 13.8 Å². The SMILES string of the molecule is CCn1c(-c2nonc2N)nc2c(C#CC(C)(C)O)nc(CNC)cc21. The van der Waals surface area contributed by atoms with Crippen molar-refractivity contribution in [2.75, 3.05) is 12.8 Å². The van der Waals surface area contributed by atoms with Crippen molar-refractivity contribution in [3.8, 4) is 23.4 Å². The minimum absolute atomic E-state index is 0.169. The Morgan fingerprint density at radius 2 is 2.12 bits per heavy atom. The summed E-state index contributed by atoms with van der Waals surface area (Å²) in [4.78, 5) is 9.21. The molecule has 0 aromatic carbocycles. The fraction of sp³-hybridized carbons (Fsp3) is 0.412. The van der Waals surface area contributed by atoms with Crippen LogP contribution in [0.15, 0.2) is 10.7 Å². The zero-order valence-electron chi connectivity index (χ0n) is 15.2. The van der Waals surface area contributed by atoms with Crippen LogP contribution in [0.3, 0.4) is 0 Å². The Labute approximate surface area is 150 Å². The number of imidazole rings is 1. The molecule has 0 amide bonds. The number of aryl methyl sites for hydroxylation is 1. The maximum Gasteiger partial charge on any atom is 0.199 e. The van der Waals surface area contributed by atoms with Gasteiger partial charge in [0, 0.05) is 13.1 Å². The van der Waals surface area contributed by atoms with Gasteiger partial charge < -0.3 is 20.7 Å². The Morgan fingerprint density at radius 3 is 2.69 bits per heavy atom. The van der Waals surface area contributed by atoms with E-state index < -0.39 is 5.60 Å². The molecule has 3 aromatic rings. The first-order valence-corrected chi connectivity index (χ1v) is 8.22. The highest BCUT2D eigenvalue weighted by atomic mass is 16.6. The molecule has 0 saturated heterocycles. The lowest BCUT2D eigenvalue weighted by molar-refractivity contribution is 0.143. The van der Waals surface area contributed by atoms with Crippen molar-refractivity contribution in [2.24, 2.45) is 0 Å². The standard InChI is InChI=1S/C17H21N7O2/c1-5-24-12-8-10(9-19-4)20-11(6-7-17(2,3)25)13(12)21-16(24)14-15(18)23-26-22-14/h8,19,25H,5,9H2,1-4H3,(H2,18,23). The van der Waals surface area contributed by atoms with E-state index in [4.69, 9.17) is 10.4 Å². The molecular formula is C17H21N7O2. The van der Waals surface area contributed by atoms with E-state index in [1.807, 2.05) is 24.6 Å². The molecule has 0 spiro atoms. The molecule has 0 unspecified atom stereocenters.